The van der Waals surface area contributed by atoms with Gasteiger partial charge in [-0.2, -0.15) is 0 Å². The molecule has 7 nitrogen and oxygen atoms in total. The number of nitrogens with zero attached hydrogens (tertiary/aromatic N) is 3. The molecule has 0 radical (unpaired) electrons. The number of carbonyl (C=O) groups excluding carboxylic acids is 3. The van der Waals surface area contributed by atoms with Crippen molar-refractivity contribution in [2.45, 2.75) is 39.2 Å². The van der Waals surface area contributed by atoms with Crippen molar-refractivity contribution in [1.29, 1.82) is 0 Å². The molecule has 0 saturated carbocycles. The Labute approximate surface area is 159 Å². The summed E-state index contributed by atoms with van der Waals surface area (Å²) >= 11 is 0. The van der Waals surface area contributed by atoms with E-state index < -0.39 is 6.09 Å². The molecule has 0 spiro atoms. The van der Waals surface area contributed by atoms with Crippen LogP contribution < -0.4 is 4.90 Å². The number of amides is 3. The Morgan fingerprint density at radius 2 is 2.11 bits per heavy atom. The number of benzene rings is 1. The molecule has 0 N–H and O–H groups in total. The predicted molar refractivity (Wildman–Crippen MR) is 101 cm³/mol. The Balaban J connectivity index is 1.75. The van der Waals surface area contributed by atoms with Gasteiger partial charge in [-0.25, -0.2) is 4.79 Å². The van der Waals surface area contributed by atoms with Crippen molar-refractivity contribution in [2.75, 3.05) is 37.7 Å². The highest BCUT2D eigenvalue weighted by Gasteiger charge is 2.37. The molecule has 0 bridgehead atoms. The highest BCUT2D eigenvalue weighted by Crippen LogP contribution is 2.24. The summed E-state index contributed by atoms with van der Waals surface area (Å²) in [6, 6.07) is 7.81. The molecule has 2 saturated heterocycles. The molecule has 2 aliphatic heterocycles. The fourth-order valence-electron chi connectivity index (χ4n) is 3.62. The molecule has 1 aromatic carbocycles. The quantitative estimate of drug-likeness (QED) is 0.766. The fraction of sp³-hybridized carbons (Fsp3) is 0.550. The number of carbonyl (C=O) groups is 3. The van der Waals surface area contributed by atoms with Crippen LogP contribution >= 0.6 is 0 Å². The largest absolute Gasteiger partial charge is 0.448 e. The lowest BCUT2D eigenvalue weighted by Crippen LogP contribution is -2.59. The van der Waals surface area contributed by atoms with E-state index in [1.165, 1.54) is 4.90 Å². The van der Waals surface area contributed by atoms with Crippen molar-refractivity contribution in [1.82, 2.24) is 9.80 Å². The van der Waals surface area contributed by atoms with Crippen LogP contribution in [0.15, 0.2) is 24.3 Å². The van der Waals surface area contributed by atoms with E-state index in [-0.39, 0.29) is 30.9 Å². The first-order valence-corrected chi connectivity index (χ1v) is 9.57. The summed E-state index contributed by atoms with van der Waals surface area (Å²) in [6.45, 7) is 5.34. The molecule has 1 aromatic rings. The maximum Gasteiger partial charge on any atom is 0.410 e. The number of cyclic esters (lactones) is 1. The van der Waals surface area contributed by atoms with Crippen LogP contribution in [0, 0.1) is 6.92 Å². The molecule has 2 heterocycles. The second kappa shape index (κ2) is 8.41. The van der Waals surface area contributed by atoms with E-state index >= 15 is 0 Å². The average Bonchev–Trinajstić information content (AvgIpc) is 3.05. The zero-order valence-corrected chi connectivity index (χ0v) is 16.0. The van der Waals surface area contributed by atoms with Crippen LogP contribution in [0.2, 0.25) is 0 Å². The third-order valence-corrected chi connectivity index (χ3v) is 5.14. The Morgan fingerprint density at radius 3 is 2.78 bits per heavy atom. The summed E-state index contributed by atoms with van der Waals surface area (Å²) in [7, 11) is 0. The fourth-order valence-corrected chi connectivity index (χ4v) is 3.62. The molecule has 1 atom stereocenters. The van der Waals surface area contributed by atoms with E-state index in [1.54, 1.807) is 9.80 Å². The second-order valence-corrected chi connectivity index (χ2v) is 7.20. The first-order valence-electron chi connectivity index (χ1n) is 9.57. The molecule has 3 amide bonds. The van der Waals surface area contributed by atoms with E-state index in [0.717, 1.165) is 30.5 Å². The van der Waals surface area contributed by atoms with Crippen LogP contribution in [-0.4, -0.2) is 66.5 Å². The van der Waals surface area contributed by atoms with Gasteiger partial charge >= 0.3 is 6.09 Å². The molecule has 0 aliphatic carbocycles. The first-order chi connectivity index (χ1) is 13.0. The van der Waals surface area contributed by atoms with E-state index in [1.807, 2.05) is 31.2 Å². The molecule has 3 rings (SSSR count). The smallest absolute Gasteiger partial charge is 0.410 e. The van der Waals surface area contributed by atoms with Gasteiger partial charge < -0.3 is 14.5 Å². The molecular formula is C20H27N3O4. The Bertz CT molecular complexity index is 721. The van der Waals surface area contributed by atoms with Crippen LogP contribution in [0.25, 0.3) is 0 Å². The number of hydrogen-bond acceptors (Lipinski definition) is 4. The Morgan fingerprint density at radius 1 is 1.30 bits per heavy atom. The monoisotopic (exact) mass is 373 g/mol. The van der Waals surface area contributed by atoms with Gasteiger partial charge in [0.2, 0.25) is 11.8 Å². The number of ether oxygens (including phenoxy) is 1. The standard InChI is InChI=1S/C20H27N3O4/c1-3-4-7-17-12-22(16-8-5-6-15(2)11-16)19(25)14-23(17)18(24)13-21-9-10-27-20(21)26/h5-6,8,11,17H,3-4,7,9-10,12-14H2,1-2H3/t17-/m1/s1. The summed E-state index contributed by atoms with van der Waals surface area (Å²) in [5, 5.41) is 0. The van der Waals surface area contributed by atoms with E-state index in [4.69, 9.17) is 4.74 Å². The molecule has 2 aliphatic rings. The first kappa shape index (κ1) is 19.2. The van der Waals surface area contributed by atoms with Crippen LogP contribution in [0.1, 0.15) is 31.7 Å². The molecule has 0 aromatic heterocycles. The van der Waals surface area contributed by atoms with Gasteiger partial charge in [0.05, 0.1) is 12.6 Å². The maximum absolute atomic E-state index is 12.8. The van der Waals surface area contributed by atoms with Crippen molar-refractivity contribution in [2.24, 2.45) is 0 Å². The zero-order valence-electron chi connectivity index (χ0n) is 16.0. The third-order valence-electron chi connectivity index (χ3n) is 5.14. The molecule has 2 fully saturated rings. The van der Waals surface area contributed by atoms with Crippen molar-refractivity contribution in [3.05, 3.63) is 29.8 Å². The van der Waals surface area contributed by atoms with Crippen molar-refractivity contribution in [3.63, 3.8) is 0 Å². The highest BCUT2D eigenvalue weighted by atomic mass is 16.6. The number of aryl methyl sites for hydroxylation is 1. The molecule has 7 heteroatoms. The third kappa shape index (κ3) is 4.40. The van der Waals surface area contributed by atoms with Gasteiger partial charge in [-0.1, -0.05) is 31.9 Å². The van der Waals surface area contributed by atoms with Crippen LogP contribution in [-0.2, 0) is 14.3 Å². The van der Waals surface area contributed by atoms with Gasteiger partial charge in [0.15, 0.2) is 0 Å². The normalized spacial score (nSPS) is 20.2. The van der Waals surface area contributed by atoms with Gasteiger partial charge in [-0.15, -0.1) is 0 Å². The summed E-state index contributed by atoms with van der Waals surface area (Å²) in [5.74, 6) is -0.280. The number of anilines is 1. The Kier molecular flexibility index (Phi) is 5.98. The van der Waals surface area contributed by atoms with E-state index in [9.17, 15) is 14.4 Å². The van der Waals surface area contributed by atoms with Crippen molar-refractivity contribution < 1.29 is 19.1 Å². The maximum atomic E-state index is 12.8. The minimum absolute atomic E-state index is 0.0286. The molecule has 0 unspecified atom stereocenters. The summed E-state index contributed by atoms with van der Waals surface area (Å²) < 4.78 is 4.89. The zero-order chi connectivity index (χ0) is 19.4. The number of unbranched alkanes of at least 4 members (excludes halogenated alkanes) is 1. The lowest BCUT2D eigenvalue weighted by atomic mass is 10.0. The van der Waals surface area contributed by atoms with Crippen molar-refractivity contribution >= 4 is 23.6 Å². The van der Waals surface area contributed by atoms with Gasteiger partial charge in [0.1, 0.15) is 19.7 Å². The number of rotatable bonds is 6. The van der Waals surface area contributed by atoms with Crippen LogP contribution in [0.4, 0.5) is 10.5 Å². The van der Waals surface area contributed by atoms with E-state index in [2.05, 4.69) is 6.92 Å². The topological polar surface area (TPSA) is 70.2 Å². The SMILES string of the molecule is CCCC[C@@H]1CN(c2cccc(C)c2)C(=O)CN1C(=O)CN1CCOC1=O. The van der Waals surface area contributed by atoms with E-state index in [0.29, 0.717) is 19.7 Å². The average molecular weight is 373 g/mol. The molecular weight excluding hydrogens is 346 g/mol. The van der Waals surface area contributed by atoms with Gasteiger partial charge in [-0.3, -0.25) is 14.5 Å². The van der Waals surface area contributed by atoms with Gasteiger partial charge in [-0.05, 0) is 31.0 Å². The summed E-state index contributed by atoms with van der Waals surface area (Å²) in [5.41, 5.74) is 1.97. The van der Waals surface area contributed by atoms with Crippen LogP contribution in [0.3, 0.4) is 0 Å². The Hall–Kier alpha value is -2.57. The minimum Gasteiger partial charge on any atom is -0.448 e. The molecule has 27 heavy (non-hydrogen) atoms. The summed E-state index contributed by atoms with van der Waals surface area (Å²) in [6.07, 6.45) is 2.38. The van der Waals surface area contributed by atoms with Gasteiger partial charge in [0.25, 0.3) is 0 Å². The van der Waals surface area contributed by atoms with Gasteiger partial charge in [0, 0.05) is 12.2 Å². The predicted octanol–water partition coefficient (Wildman–Crippen LogP) is 2.18. The van der Waals surface area contributed by atoms with Crippen LogP contribution in [0.5, 0.6) is 0 Å². The lowest BCUT2D eigenvalue weighted by molar-refractivity contribution is -0.140. The highest BCUT2D eigenvalue weighted by molar-refractivity contribution is 5.98. The minimum atomic E-state index is -0.460. The lowest BCUT2D eigenvalue weighted by Gasteiger charge is -2.41. The number of hydrogen-bond donors (Lipinski definition) is 0. The van der Waals surface area contributed by atoms with Crippen molar-refractivity contribution in [3.8, 4) is 0 Å². The second-order valence-electron chi connectivity index (χ2n) is 7.20. The molecule has 146 valence electrons. The summed E-state index contributed by atoms with van der Waals surface area (Å²) in [4.78, 5) is 42.1. The number of piperazine rings is 1.